The molecule has 2 N–H and O–H groups in total. The van der Waals surface area contributed by atoms with Gasteiger partial charge in [0.15, 0.2) is 34.8 Å². The van der Waals surface area contributed by atoms with E-state index in [-0.39, 0.29) is 79.3 Å². The molecule has 6 rings (SSSR count). The first kappa shape index (κ1) is 79.1. The summed E-state index contributed by atoms with van der Waals surface area (Å²) in [5.74, 6) is -30.5. The Balaban J connectivity index is 0. The molecule has 0 heterocycles. The summed E-state index contributed by atoms with van der Waals surface area (Å²) in [4.78, 5) is 0. The minimum Gasteiger partial charge on any atom is -1.00 e. The number of aryl methyl sites for hydroxylation is 2. The van der Waals surface area contributed by atoms with Gasteiger partial charge in [0.05, 0.1) is 0 Å². The Labute approximate surface area is 492 Å². The summed E-state index contributed by atoms with van der Waals surface area (Å²) in [6, 6.07) is 17.5. The van der Waals surface area contributed by atoms with E-state index < -0.39 is 142 Å². The van der Waals surface area contributed by atoms with Gasteiger partial charge in [-0.1, -0.05) is 82.6 Å². The van der Waals surface area contributed by atoms with Crippen LogP contribution < -0.4 is 43.8 Å². The molecule has 0 radical (unpaired) electrons. The largest absolute Gasteiger partial charge is 1.00 e. The summed E-state index contributed by atoms with van der Waals surface area (Å²) in [6.07, 6.45) is -24.7. The Morgan fingerprint density at radius 2 is 0.756 bits per heavy atom. The predicted molar refractivity (Wildman–Crippen MR) is 249 cm³/mol. The molecule has 0 atom stereocenters. The Kier molecular flexibility index (Phi) is 30.1. The molecule has 6 aromatic carbocycles. The molecule has 0 fully saturated rings. The smallest absolute Gasteiger partial charge is 1.00 e. The summed E-state index contributed by atoms with van der Waals surface area (Å²) in [5.41, 5.74) is -0.515. The van der Waals surface area contributed by atoms with Gasteiger partial charge in [0.2, 0.25) is 12.7 Å². The number of ether oxygens (including phenoxy) is 3. The summed E-state index contributed by atoms with van der Waals surface area (Å²) in [7, 11) is 0. The van der Waals surface area contributed by atoms with Crippen LogP contribution in [0.5, 0.6) is 23.0 Å². The summed E-state index contributed by atoms with van der Waals surface area (Å²) in [5, 5.41) is 9.01. The van der Waals surface area contributed by atoms with E-state index in [2.05, 4.69) is 14.2 Å². The first-order valence-electron chi connectivity index (χ1n) is 22.3. The molecule has 0 saturated carbocycles. The van der Waals surface area contributed by atoms with Gasteiger partial charge >= 0.3 is 72.2 Å². The van der Waals surface area contributed by atoms with Gasteiger partial charge in [-0.25, -0.2) is 39.5 Å². The predicted octanol–water partition coefficient (Wildman–Crippen LogP) is 17.5. The zero-order valence-corrected chi connectivity index (χ0v) is 44.6. The molecule has 6 aromatic rings. The van der Waals surface area contributed by atoms with E-state index in [1.807, 2.05) is 13.8 Å². The van der Waals surface area contributed by atoms with Crippen molar-refractivity contribution >= 4 is 0 Å². The number of aromatic hydroxyl groups is 1. The number of allylic oxidation sites excluding steroid dienone is 2. The Bertz CT molecular complexity index is 3150. The molecule has 0 bridgehead atoms. The van der Waals surface area contributed by atoms with Gasteiger partial charge < -0.3 is 26.2 Å². The Morgan fingerprint density at radius 3 is 0.988 bits per heavy atom. The third-order valence-corrected chi connectivity index (χ3v) is 10.2. The SMILES string of the molecule is C.CCCc1ccc(-c2cc(F)c(C(F)(F)Oc3cc(F)c(O)c(F)c3)c(F)c2)cc1.CCCc1ccc(-c2cc(F)c(C(F)(F)Oc3cc(F)c(OCF)c(F)c3)c(F)c2)cc1.FC(F)=C(F)C(F)(F)C(F)(F)F.FC(F)=C(F)C(F)(F)F.[3H-].[Na+].[OH-]. The van der Waals surface area contributed by atoms with Crippen LogP contribution in [-0.2, 0) is 25.1 Å². The molecule has 0 unspecified atom stereocenters. The van der Waals surface area contributed by atoms with Gasteiger partial charge in [-0.3, -0.25) is 0 Å². The number of hydrogen-bond acceptors (Lipinski definition) is 5. The zero-order valence-electron chi connectivity index (χ0n) is 43.6. The molecular weight excluding hydrogens is 1250 g/mol. The number of alkyl halides is 13. The maximum Gasteiger partial charge on any atom is 1.00 e. The topological polar surface area (TPSA) is 77.9 Å². The van der Waals surface area contributed by atoms with Crippen LogP contribution in [0.4, 0.5) is 119 Å². The number of phenolic OH excluding ortho intramolecular Hbond substituents is 1. The van der Waals surface area contributed by atoms with Gasteiger partial charge in [0.1, 0.15) is 45.9 Å². The van der Waals surface area contributed by atoms with Crippen molar-refractivity contribution in [3.05, 3.63) is 190 Å². The molecule has 0 amide bonds. The Hall–Kier alpha value is -6.93. The van der Waals surface area contributed by atoms with Crippen molar-refractivity contribution in [3.63, 3.8) is 0 Å². The number of hydrogen-bond donors (Lipinski definition) is 1. The van der Waals surface area contributed by atoms with E-state index in [0.29, 0.717) is 23.3 Å². The van der Waals surface area contributed by atoms with E-state index in [9.17, 15) is 119 Å². The van der Waals surface area contributed by atoms with Crippen molar-refractivity contribution in [2.75, 3.05) is 6.86 Å². The van der Waals surface area contributed by atoms with Crippen LogP contribution in [0.25, 0.3) is 22.3 Å². The summed E-state index contributed by atoms with van der Waals surface area (Å²) >= 11 is 0. The fraction of sp³-hybridized carbons (Fsp3) is 0.245. The van der Waals surface area contributed by atoms with Crippen LogP contribution in [0.3, 0.4) is 0 Å². The fourth-order valence-electron chi connectivity index (χ4n) is 6.48. The molecule has 86 heavy (non-hydrogen) atoms. The molecule has 0 aliphatic heterocycles. The van der Waals surface area contributed by atoms with Crippen molar-refractivity contribution in [2.24, 2.45) is 0 Å². The third kappa shape index (κ3) is 21.2. The molecule has 0 spiro atoms. The van der Waals surface area contributed by atoms with E-state index >= 15 is 0 Å². The molecule has 0 aliphatic carbocycles. The van der Waals surface area contributed by atoms with E-state index in [0.717, 1.165) is 48.9 Å². The van der Waals surface area contributed by atoms with Gasteiger partial charge in [0.25, 0.3) is 5.83 Å². The first-order valence-corrected chi connectivity index (χ1v) is 22.3. The maximum atomic E-state index is 14.5. The van der Waals surface area contributed by atoms with Crippen LogP contribution in [0.1, 0.15) is 57.8 Å². The quantitative estimate of drug-likeness (QED) is 0.0819. The second-order valence-corrected chi connectivity index (χ2v) is 16.2. The zero-order chi connectivity index (χ0) is 63.3. The average molecular weight is 1290 g/mol. The fourth-order valence-corrected chi connectivity index (χ4v) is 6.48. The normalized spacial score (nSPS) is 11.3. The van der Waals surface area contributed by atoms with E-state index in [4.69, 9.17) is 5.11 Å². The number of benzene rings is 6. The minimum atomic E-state index is -6.35. The molecule has 472 valence electrons. The van der Waals surface area contributed by atoms with Gasteiger partial charge in [-0.15, -0.1) is 0 Å². The van der Waals surface area contributed by atoms with Crippen LogP contribution in [-0.4, -0.2) is 35.7 Å². The number of rotatable bonds is 15. The van der Waals surface area contributed by atoms with Crippen LogP contribution in [0, 0.1) is 46.5 Å². The van der Waals surface area contributed by atoms with Crippen molar-refractivity contribution in [1.82, 2.24) is 0 Å². The second-order valence-electron chi connectivity index (χ2n) is 16.2. The standard InChI is InChI=1S/C23H17F7O2.C22H16F6O2.C4F8.C3F6.CH4.Na.H2O.H/c1-2-3-13-4-6-14(7-5-13)15-8-17(25)21(18(26)9-15)23(29,30)32-16-10-19(27)22(31-12-24)20(28)11-16;1-2-3-12-4-6-13(7-5-12)14-8-16(23)20(17(24)9-14)22(27,28)30-15-10-18(25)21(29)19(26)11-15;5-1(2(6)7)3(8,9)4(10,11)12;4-1(2(5)6)3(7,8)9;;;;/h4-11H,2-3,12H2,1H3;4-11,29H,2-3H2,1H3;;;1H4;;1H2;/q;;;;;+1;;-1/p-1/i;;;;;;;1+2. The number of phenols is 1. The average Bonchev–Trinajstić information content (AvgIpc) is 2.27. The second kappa shape index (κ2) is 32.7. The molecule has 5 nitrogen and oxygen atoms in total. The summed E-state index contributed by atoms with van der Waals surface area (Å²) in [6.45, 7) is 2.43. The monoisotopic (exact) mass is 1290 g/mol. The van der Waals surface area contributed by atoms with Crippen LogP contribution in [0.2, 0.25) is 0 Å². The molecular formula is C53H39F27NaO5-. The van der Waals surface area contributed by atoms with Crippen LogP contribution >= 0.6 is 0 Å². The molecule has 33 heteroatoms. The van der Waals surface area contributed by atoms with Gasteiger partial charge in [-0.2, -0.15) is 79.0 Å². The molecule has 0 saturated heterocycles. The third-order valence-electron chi connectivity index (χ3n) is 10.2. The Morgan fingerprint density at radius 1 is 0.453 bits per heavy atom. The van der Waals surface area contributed by atoms with E-state index in [1.165, 1.54) is 0 Å². The van der Waals surface area contributed by atoms with Crippen molar-refractivity contribution in [2.45, 2.75) is 77.4 Å². The van der Waals surface area contributed by atoms with Crippen molar-refractivity contribution in [3.8, 4) is 45.3 Å². The first-order chi connectivity index (χ1) is 38.2. The van der Waals surface area contributed by atoms with Crippen molar-refractivity contribution in [1.29, 1.82) is 0 Å². The maximum absolute atomic E-state index is 14.5. The van der Waals surface area contributed by atoms with Crippen molar-refractivity contribution < 1.29 is 174 Å². The number of halogens is 27. The molecule has 0 aliphatic rings. The molecule has 0 aromatic heterocycles. The summed E-state index contributed by atoms with van der Waals surface area (Å²) < 4.78 is 349. The minimum absolute atomic E-state index is 0. The van der Waals surface area contributed by atoms with Gasteiger partial charge in [0, 0.05) is 24.3 Å². The van der Waals surface area contributed by atoms with Crippen LogP contribution in [0.15, 0.2) is 121 Å². The van der Waals surface area contributed by atoms with Gasteiger partial charge in [-0.05, 0) is 70.5 Å². The van der Waals surface area contributed by atoms with E-state index in [1.54, 1.807) is 48.5 Å².